The van der Waals surface area contributed by atoms with Crippen LogP contribution >= 0.6 is 0 Å². The normalized spacial score (nSPS) is 11.6. The second-order valence-corrected chi connectivity index (χ2v) is 3.45. The molecule has 0 spiro atoms. The minimum Gasteiger partial charge on any atom is -0.395 e. The average molecular weight is 249 g/mol. The van der Waals surface area contributed by atoms with Crippen LogP contribution in [-0.4, -0.2) is 36.5 Å². The van der Waals surface area contributed by atoms with E-state index in [-0.39, 0.29) is 32.0 Å². The highest BCUT2D eigenvalue weighted by Gasteiger charge is 2.34. The maximum absolute atomic E-state index is 12.7. The Kier molecular flexibility index (Phi) is 4.77. The van der Waals surface area contributed by atoms with E-state index in [0.29, 0.717) is 0 Å². The summed E-state index contributed by atoms with van der Waals surface area (Å²) < 4.78 is 38.2. The fourth-order valence-corrected chi connectivity index (χ4v) is 1.58. The molecule has 0 amide bonds. The molecule has 0 aliphatic heterocycles. The number of aliphatic hydroxyl groups is 2. The Hall–Kier alpha value is -1.27. The Bertz CT molecular complexity index is 349. The van der Waals surface area contributed by atoms with Crippen LogP contribution in [0.15, 0.2) is 24.3 Å². The number of aliphatic hydroxyl groups excluding tert-OH is 2. The van der Waals surface area contributed by atoms with Crippen LogP contribution in [0.1, 0.15) is 5.56 Å². The highest BCUT2D eigenvalue weighted by atomic mass is 19.4. The summed E-state index contributed by atoms with van der Waals surface area (Å²) in [5, 5.41) is 17.6. The second-order valence-electron chi connectivity index (χ2n) is 3.45. The fraction of sp³-hybridized carbons (Fsp3) is 0.455. The molecule has 96 valence electrons. The average Bonchev–Trinajstić information content (AvgIpc) is 2.28. The van der Waals surface area contributed by atoms with E-state index in [9.17, 15) is 13.2 Å². The summed E-state index contributed by atoms with van der Waals surface area (Å²) in [4.78, 5) is 1.31. The Morgan fingerprint density at radius 1 is 1.00 bits per heavy atom. The van der Waals surface area contributed by atoms with Crippen molar-refractivity contribution >= 4 is 5.69 Å². The standard InChI is InChI=1S/C11H14F3NO2/c12-11(13,14)9-3-1-2-4-10(9)15(5-7-16)6-8-17/h1-4,16-17H,5-8H2. The summed E-state index contributed by atoms with van der Waals surface area (Å²) in [5.41, 5.74) is -0.787. The van der Waals surface area contributed by atoms with E-state index >= 15 is 0 Å². The van der Waals surface area contributed by atoms with Crippen LogP contribution in [0, 0.1) is 0 Å². The predicted molar refractivity (Wildman–Crippen MR) is 57.8 cm³/mol. The van der Waals surface area contributed by atoms with E-state index in [1.165, 1.54) is 23.1 Å². The number of anilines is 1. The molecular formula is C11H14F3NO2. The first-order valence-corrected chi connectivity index (χ1v) is 5.13. The largest absolute Gasteiger partial charge is 0.418 e. The quantitative estimate of drug-likeness (QED) is 0.831. The van der Waals surface area contributed by atoms with E-state index in [0.717, 1.165) is 6.07 Å². The van der Waals surface area contributed by atoms with Crippen LogP contribution < -0.4 is 4.90 Å². The van der Waals surface area contributed by atoms with Gasteiger partial charge in [-0.25, -0.2) is 0 Å². The first kappa shape index (κ1) is 13.8. The molecule has 2 N–H and O–H groups in total. The Morgan fingerprint density at radius 3 is 2.00 bits per heavy atom. The lowest BCUT2D eigenvalue weighted by Gasteiger charge is -2.26. The molecule has 3 nitrogen and oxygen atoms in total. The zero-order valence-corrected chi connectivity index (χ0v) is 9.11. The maximum atomic E-state index is 12.7. The summed E-state index contributed by atoms with van der Waals surface area (Å²) in [6, 6.07) is 5.11. The number of para-hydroxylation sites is 1. The van der Waals surface area contributed by atoms with Gasteiger partial charge in [-0.15, -0.1) is 0 Å². The van der Waals surface area contributed by atoms with Crippen LogP contribution in [0.2, 0.25) is 0 Å². The second kappa shape index (κ2) is 5.88. The van der Waals surface area contributed by atoms with Gasteiger partial charge >= 0.3 is 6.18 Å². The summed E-state index contributed by atoms with van der Waals surface area (Å²) in [7, 11) is 0. The molecule has 0 bridgehead atoms. The maximum Gasteiger partial charge on any atom is 0.418 e. The van der Waals surface area contributed by atoms with Gasteiger partial charge in [0, 0.05) is 18.8 Å². The number of hydrogen-bond acceptors (Lipinski definition) is 3. The first-order valence-electron chi connectivity index (χ1n) is 5.13. The lowest BCUT2D eigenvalue weighted by Crippen LogP contribution is -2.31. The Balaban J connectivity index is 3.09. The molecule has 0 atom stereocenters. The third-order valence-electron chi connectivity index (χ3n) is 2.29. The van der Waals surface area contributed by atoms with Crippen LogP contribution in [0.25, 0.3) is 0 Å². The van der Waals surface area contributed by atoms with Gasteiger partial charge in [-0.1, -0.05) is 12.1 Å². The predicted octanol–water partition coefficient (Wildman–Crippen LogP) is 1.50. The molecule has 0 radical (unpaired) electrons. The van der Waals surface area contributed by atoms with E-state index in [4.69, 9.17) is 10.2 Å². The van der Waals surface area contributed by atoms with Gasteiger partial charge in [0.2, 0.25) is 0 Å². The first-order chi connectivity index (χ1) is 8.00. The molecule has 1 aromatic carbocycles. The third-order valence-corrected chi connectivity index (χ3v) is 2.29. The summed E-state index contributed by atoms with van der Waals surface area (Å²) in [6.07, 6.45) is -4.44. The SMILES string of the molecule is OCCN(CCO)c1ccccc1C(F)(F)F. The molecule has 0 fully saturated rings. The minimum absolute atomic E-state index is 0.0249. The van der Waals surface area contributed by atoms with Crippen LogP contribution in [0.4, 0.5) is 18.9 Å². The van der Waals surface area contributed by atoms with Crippen molar-refractivity contribution in [2.24, 2.45) is 0 Å². The lowest BCUT2D eigenvalue weighted by atomic mass is 10.1. The van der Waals surface area contributed by atoms with Crippen molar-refractivity contribution in [2.45, 2.75) is 6.18 Å². The molecule has 0 aliphatic rings. The van der Waals surface area contributed by atoms with Crippen LogP contribution in [-0.2, 0) is 6.18 Å². The van der Waals surface area contributed by atoms with Gasteiger partial charge in [-0.05, 0) is 12.1 Å². The van der Waals surface area contributed by atoms with Crippen molar-refractivity contribution in [1.82, 2.24) is 0 Å². The number of halogens is 3. The van der Waals surface area contributed by atoms with Crippen molar-refractivity contribution in [1.29, 1.82) is 0 Å². The fourth-order valence-electron chi connectivity index (χ4n) is 1.58. The smallest absolute Gasteiger partial charge is 0.395 e. The number of hydrogen-bond donors (Lipinski definition) is 2. The van der Waals surface area contributed by atoms with E-state index in [1.54, 1.807) is 0 Å². The monoisotopic (exact) mass is 249 g/mol. The van der Waals surface area contributed by atoms with Gasteiger partial charge in [-0.3, -0.25) is 0 Å². The summed E-state index contributed by atoms with van der Waals surface area (Å²) in [6.45, 7) is -0.445. The highest BCUT2D eigenvalue weighted by molar-refractivity contribution is 5.55. The van der Waals surface area contributed by atoms with E-state index in [1.807, 2.05) is 0 Å². The van der Waals surface area contributed by atoms with E-state index < -0.39 is 11.7 Å². The Morgan fingerprint density at radius 2 is 1.53 bits per heavy atom. The van der Waals surface area contributed by atoms with E-state index in [2.05, 4.69) is 0 Å². The van der Waals surface area contributed by atoms with Crippen molar-refractivity contribution in [3.63, 3.8) is 0 Å². The van der Waals surface area contributed by atoms with Crippen molar-refractivity contribution in [2.75, 3.05) is 31.2 Å². The number of benzene rings is 1. The Labute approximate surface area is 97.1 Å². The number of nitrogens with zero attached hydrogens (tertiary/aromatic N) is 1. The molecule has 0 unspecified atom stereocenters. The molecule has 1 aromatic rings. The van der Waals surface area contributed by atoms with Crippen molar-refractivity contribution in [3.8, 4) is 0 Å². The molecule has 0 aromatic heterocycles. The minimum atomic E-state index is -4.44. The van der Waals surface area contributed by atoms with Gasteiger partial charge < -0.3 is 15.1 Å². The van der Waals surface area contributed by atoms with Gasteiger partial charge in [0.25, 0.3) is 0 Å². The van der Waals surface area contributed by atoms with Gasteiger partial charge in [0.15, 0.2) is 0 Å². The van der Waals surface area contributed by atoms with Crippen molar-refractivity contribution in [3.05, 3.63) is 29.8 Å². The lowest BCUT2D eigenvalue weighted by molar-refractivity contribution is -0.137. The molecule has 0 heterocycles. The van der Waals surface area contributed by atoms with Gasteiger partial charge in [0.05, 0.1) is 18.8 Å². The number of rotatable bonds is 5. The molecule has 0 aliphatic carbocycles. The zero-order chi connectivity index (χ0) is 12.9. The highest BCUT2D eigenvalue weighted by Crippen LogP contribution is 2.36. The molecular weight excluding hydrogens is 235 g/mol. The van der Waals surface area contributed by atoms with Crippen LogP contribution in [0.5, 0.6) is 0 Å². The van der Waals surface area contributed by atoms with Crippen molar-refractivity contribution < 1.29 is 23.4 Å². The summed E-state index contributed by atoms with van der Waals surface area (Å²) >= 11 is 0. The number of alkyl halides is 3. The molecule has 0 saturated carbocycles. The van der Waals surface area contributed by atoms with Gasteiger partial charge in [0.1, 0.15) is 0 Å². The van der Waals surface area contributed by atoms with Gasteiger partial charge in [-0.2, -0.15) is 13.2 Å². The molecule has 6 heteroatoms. The summed E-state index contributed by atoms with van der Waals surface area (Å²) in [5.74, 6) is 0. The van der Waals surface area contributed by atoms with Crippen LogP contribution in [0.3, 0.4) is 0 Å². The topological polar surface area (TPSA) is 43.7 Å². The molecule has 0 saturated heterocycles. The third kappa shape index (κ3) is 3.61. The molecule has 17 heavy (non-hydrogen) atoms. The molecule has 1 rings (SSSR count). The zero-order valence-electron chi connectivity index (χ0n) is 9.11.